The molecule has 0 N–H and O–H groups in total. The van der Waals surface area contributed by atoms with Gasteiger partial charge in [-0.25, -0.2) is 4.98 Å². The molecule has 0 aliphatic rings. The predicted octanol–water partition coefficient (Wildman–Crippen LogP) is 3.83. The molecule has 0 spiro atoms. The van der Waals surface area contributed by atoms with E-state index in [2.05, 4.69) is 30.7 Å². The van der Waals surface area contributed by atoms with E-state index in [1.165, 1.54) is 0 Å². The Balaban J connectivity index is 3.08. The first kappa shape index (κ1) is 16.5. The zero-order valence-electron chi connectivity index (χ0n) is 12.6. The van der Waals surface area contributed by atoms with Crippen LogP contribution in [-0.2, 0) is 21.7 Å². The van der Waals surface area contributed by atoms with Gasteiger partial charge in [0.05, 0.1) is 6.61 Å². The van der Waals surface area contributed by atoms with E-state index in [1.807, 2.05) is 26.8 Å². The molecule has 1 heterocycles. The van der Waals surface area contributed by atoms with Gasteiger partial charge in [-0.2, -0.15) is 4.98 Å². The van der Waals surface area contributed by atoms with Gasteiger partial charge in [-0.3, -0.25) is 0 Å². The fourth-order valence-corrected chi connectivity index (χ4v) is 3.12. The Labute approximate surface area is 121 Å². The zero-order valence-corrected chi connectivity index (χ0v) is 14.3. The Bertz CT molecular complexity index is 486. The molecule has 0 aliphatic heterocycles. The lowest BCUT2D eigenvalue weighted by Gasteiger charge is -2.22. The van der Waals surface area contributed by atoms with Crippen LogP contribution in [-0.4, -0.2) is 22.7 Å². The van der Waals surface area contributed by atoms with Crippen molar-refractivity contribution in [2.24, 2.45) is 0 Å². The largest absolute Gasteiger partial charge is 0.425 e. The van der Waals surface area contributed by atoms with E-state index in [0.717, 1.165) is 11.5 Å². The second-order valence-corrected chi connectivity index (χ2v) is 9.32. The van der Waals surface area contributed by atoms with Gasteiger partial charge >= 0.3 is 0 Å². The molecule has 0 aliphatic carbocycles. The average molecular weight is 302 g/mol. The number of nitrogens with zero attached hydrogens (tertiary/aromatic N) is 2. The van der Waals surface area contributed by atoms with Crippen LogP contribution in [0.3, 0.4) is 0 Å². The Morgan fingerprint density at radius 2 is 1.89 bits per heavy atom. The Kier molecular flexibility index (Phi) is 5.48. The molecule has 1 aromatic heterocycles. The topological polar surface area (TPSA) is 44.2 Å². The fourth-order valence-electron chi connectivity index (χ4n) is 1.44. The van der Waals surface area contributed by atoms with Crippen molar-refractivity contribution in [1.29, 1.82) is 0 Å². The van der Waals surface area contributed by atoms with Gasteiger partial charge in [0.2, 0.25) is 12.4 Å². The molecular formula is C13H23N2O2PS. The minimum absolute atomic E-state index is 0.121. The molecule has 1 aromatic rings. The van der Waals surface area contributed by atoms with Gasteiger partial charge in [-0.05, 0) is 25.7 Å². The molecule has 0 amide bonds. The number of aryl methyl sites for hydroxylation is 1. The second kappa shape index (κ2) is 6.29. The summed E-state index contributed by atoms with van der Waals surface area (Å²) in [7, 11) is 0. The molecule has 19 heavy (non-hydrogen) atoms. The minimum Gasteiger partial charge on any atom is -0.425 e. The minimum atomic E-state index is -2.27. The normalized spacial score (nSPS) is 15.1. The van der Waals surface area contributed by atoms with Gasteiger partial charge in [0.15, 0.2) is 0 Å². The summed E-state index contributed by atoms with van der Waals surface area (Å²) >= 11 is 5.47. The summed E-state index contributed by atoms with van der Waals surface area (Å²) in [6, 6.07) is 1.81. The highest BCUT2D eigenvalue weighted by atomic mass is 32.5. The fraction of sp³-hybridized carbons (Fsp3) is 0.692. The summed E-state index contributed by atoms with van der Waals surface area (Å²) in [6.45, 7) is 10.3. The van der Waals surface area contributed by atoms with E-state index in [-0.39, 0.29) is 5.41 Å². The molecular weight excluding hydrogens is 279 g/mol. The Morgan fingerprint density at radius 3 is 2.37 bits per heavy atom. The third-order valence-corrected chi connectivity index (χ3v) is 5.65. The van der Waals surface area contributed by atoms with Crippen molar-refractivity contribution in [3.8, 4) is 5.88 Å². The van der Waals surface area contributed by atoms with Crippen LogP contribution in [0.2, 0.25) is 0 Å². The van der Waals surface area contributed by atoms with Crippen LogP contribution in [0, 0.1) is 6.92 Å². The van der Waals surface area contributed by atoms with Crippen molar-refractivity contribution < 1.29 is 9.05 Å². The number of hydrogen-bond acceptors (Lipinski definition) is 5. The van der Waals surface area contributed by atoms with Crippen LogP contribution in [0.4, 0.5) is 0 Å². The molecule has 0 bridgehead atoms. The van der Waals surface area contributed by atoms with Gasteiger partial charge < -0.3 is 9.05 Å². The van der Waals surface area contributed by atoms with E-state index >= 15 is 0 Å². The first-order valence-corrected chi connectivity index (χ1v) is 9.32. The number of hydrogen-bond donors (Lipinski definition) is 0. The maximum absolute atomic E-state index is 5.86. The lowest BCUT2D eigenvalue weighted by Crippen LogP contribution is -2.17. The van der Waals surface area contributed by atoms with Gasteiger partial charge in [0, 0.05) is 23.3 Å². The third kappa shape index (κ3) is 4.83. The van der Waals surface area contributed by atoms with Crippen molar-refractivity contribution in [2.45, 2.75) is 47.0 Å². The molecule has 108 valence electrons. The number of rotatable bonds is 5. The van der Waals surface area contributed by atoms with E-state index < -0.39 is 6.49 Å². The molecule has 0 radical (unpaired) electrons. The summed E-state index contributed by atoms with van der Waals surface area (Å²) < 4.78 is 11.5. The molecule has 0 fully saturated rings. The smallest absolute Gasteiger partial charge is 0.239 e. The highest BCUT2D eigenvalue weighted by Crippen LogP contribution is 2.47. The van der Waals surface area contributed by atoms with Gasteiger partial charge in [-0.15, -0.1) is 0 Å². The quantitative estimate of drug-likeness (QED) is 0.773. The summed E-state index contributed by atoms with van der Waals surface area (Å²) in [4.78, 5) is 8.92. The van der Waals surface area contributed by atoms with Crippen molar-refractivity contribution in [2.75, 3.05) is 12.8 Å². The van der Waals surface area contributed by atoms with Gasteiger partial charge in [0.1, 0.15) is 5.82 Å². The van der Waals surface area contributed by atoms with Crippen molar-refractivity contribution >= 4 is 18.3 Å². The van der Waals surface area contributed by atoms with Crippen molar-refractivity contribution in [3.63, 3.8) is 0 Å². The van der Waals surface area contributed by atoms with Crippen LogP contribution in [0.25, 0.3) is 0 Å². The molecule has 1 atom stereocenters. The van der Waals surface area contributed by atoms with E-state index in [1.54, 1.807) is 0 Å². The second-order valence-electron chi connectivity index (χ2n) is 5.36. The van der Waals surface area contributed by atoms with Gasteiger partial charge in [-0.1, -0.05) is 27.7 Å². The Morgan fingerprint density at radius 1 is 1.26 bits per heavy atom. The van der Waals surface area contributed by atoms with Gasteiger partial charge in [0.25, 0.3) is 0 Å². The molecule has 6 heteroatoms. The van der Waals surface area contributed by atoms with E-state index in [4.69, 9.17) is 20.9 Å². The maximum Gasteiger partial charge on any atom is 0.239 e. The average Bonchev–Trinajstić information content (AvgIpc) is 2.27. The van der Waals surface area contributed by atoms with Crippen LogP contribution in [0.1, 0.15) is 46.1 Å². The highest BCUT2D eigenvalue weighted by Gasteiger charge is 2.22. The van der Waals surface area contributed by atoms with Crippen LogP contribution in [0.15, 0.2) is 6.07 Å². The highest BCUT2D eigenvalue weighted by molar-refractivity contribution is 8.10. The molecule has 0 saturated heterocycles. The molecule has 0 aromatic carbocycles. The summed E-state index contributed by atoms with van der Waals surface area (Å²) in [5, 5.41) is 0. The lowest BCUT2D eigenvalue weighted by atomic mass is 9.96. The SMILES string of the molecule is CCOP(=S)(CC)Oc1cc(C)nc(C(C)(C)C)n1. The zero-order chi connectivity index (χ0) is 14.7. The monoisotopic (exact) mass is 302 g/mol. The first-order chi connectivity index (χ1) is 8.70. The molecule has 0 saturated carbocycles. The standard InChI is InChI=1S/C13H23N2O2PS/c1-7-16-18(19,8-2)17-11-9-10(3)14-12(15-11)13(4,5)6/h9H,7-8H2,1-6H3. The first-order valence-electron chi connectivity index (χ1n) is 6.49. The van der Waals surface area contributed by atoms with Crippen molar-refractivity contribution in [1.82, 2.24) is 9.97 Å². The number of aromatic nitrogens is 2. The maximum atomic E-state index is 5.86. The van der Waals surface area contributed by atoms with Crippen molar-refractivity contribution in [3.05, 3.63) is 17.6 Å². The summed E-state index contributed by atoms with van der Waals surface area (Å²) in [5.41, 5.74) is 0.758. The van der Waals surface area contributed by atoms with E-state index in [9.17, 15) is 0 Å². The predicted molar refractivity (Wildman–Crippen MR) is 82.5 cm³/mol. The lowest BCUT2D eigenvalue weighted by molar-refractivity contribution is 0.328. The summed E-state index contributed by atoms with van der Waals surface area (Å²) in [6.07, 6.45) is 0.685. The third-order valence-electron chi connectivity index (χ3n) is 2.45. The molecule has 1 rings (SSSR count). The van der Waals surface area contributed by atoms with Crippen LogP contribution in [0.5, 0.6) is 5.88 Å². The Hall–Kier alpha value is -0.510. The molecule has 1 unspecified atom stereocenters. The summed E-state index contributed by atoms with van der Waals surface area (Å²) in [5.74, 6) is 1.28. The van der Waals surface area contributed by atoms with E-state index in [0.29, 0.717) is 18.6 Å². The molecule has 4 nitrogen and oxygen atoms in total. The van der Waals surface area contributed by atoms with Crippen LogP contribution >= 0.6 is 6.49 Å². The van der Waals surface area contributed by atoms with Crippen LogP contribution < -0.4 is 4.52 Å².